The molecule has 1 aromatic heterocycles. The van der Waals surface area contributed by atoms with Crippen molar-refractivity contribution in [3.63, 3.8) is 0 Å². The van der Waals surface area contributed by atoms with Crippen LogP contribution in [0.5, 0.6) is 0 Å². The van der Waals surface area contributed by atoms with Crippen molar-refractivity contribution < 1.29 is 4.79 Å². The highest BCUT2D eigenvalue weighted by atomic mass is 32.1. The Kier molecular flexibility index (Phi) is 4.11. The molecule has 0 bridgehead atoms. The Morgan fingerprint density at radius 3 is 2.48 bits per heavy atom. The van der Waals surface area contributed by atoms with Gasteiger partial charge in [0.15, 0.2) is 0 Å². The van der Waals surface area contributed by atoms with E-state index in [2.05, 4.69) is 37.3 Å². The first kappa shape index (κ1) is 14.3. The van der Waals surface area contributed by atoms with Gasteiger partial charge in [0.05, 0.1) is 4.88 Å². The number of amides is 1. The third-order valence-electron chi connectivity index (χ3n) is 4.15. The van der Waals surface area contributed by atoms with Gasteiger partial charge in [0, 0.05) is 18.0 Å². The van der Waals surface area contributed by atoms with Crippen molar-refractivity contribution in [3.05, 3.63) is 46.3 Å². The number of likely N-dealkylation sites (tertiary alicyclic amines) is 1. The van der Waals surface area contributed by atoms with Crippen LogP contribution in [-0.2, 0) is 6.42 Å². The Morgan fingerprint density at radius 1 is 1.19 bits per heavy atom. The molecule has 1 amide bonds. The molecule has 2 aromatic rings. The third kappa shape index (κ3) is 2.88. The zero-order chi connectivity index (χ0) is 14.8. The second-order valence-electron chi connectivity index (χ2n) is 5.67. The summed E-state index contributed by atoms with van der Waals surface area (Å²) in [5.41, 5.74) is 3.66. The van der Waals surface area contributed by atoms with E-state index in [4.69, 9.17) is 0 Å². The standard InChI is InChI=1S/C18H21NOS/c1-3-14-6-8-15(9-7-14)16-12-13(2)17(21-16)18(20)19-10-4-5-11-19/h6-9,12H,3-5,10-11H2,1-2H3. The molecule has 1 aromatic carbocycles. The van der Waals surface area contributed by atoms with Crippen LogP contribution >= 0.6 is 11.3 Å². The lowest BCUT2D eigenvalue weighted by Gasteiger charge is -2.14. The average Bonchev–Trinajstić information content (AvgIpc) is 3.16. The minimum absolute atomic E-state index is 0.214. The van der Waals surface area contributed by atoms with Gasteiger partial charge in [-0.25, -0.2) is 0 Å². The zero-order valence-electron chi connectivity index (χ0n) is 12.7. The van der Waals surface area contributed by atoms with Gasteiger partial charge in [-0.2, -0.15) is 0 Å². The first-order chi connectivity index (χ1) is 10.2. The smallest absolute Gasteiger partial charge is 0.264 e. The van der Waals surface area contributed by atoms with Crippen LogP contribution in [0.1, 0.15) is 40.6 Å². The highest BCUT2D eigenvalue weighted by Gasteiger charge is 2.23. The first-order valence-electron chi connectivity index (χ1n) is 7.68. The number of hydrogen-bond donors (Lipinski definition) is 0. The van der Waals surface area contributed by atoms with Gasteiger partial charge in [-0.15, -0.1) is 11.3 Å². The largest absolute Gasteiger partial charge is 0.338 e. The van der Waals surface area contributed by atoms with Crippen molar-refractivity contribution >= 4 is 17.2 Å². The summed E-state index contributed by atoms with van der Waals surface area (Å²) in [4.78, 5) is 16.6. The summed E-state index contributed by atoms with van der Waals surface area (Å²) < 4.78 is 0. The molecule has 3 heteroatoms. The normalized spacial score (nSPS) is 14.7. The van der Waals surface area contributed by atoms with Gasteiger partial charge in [0.1, 0.15) is 0 Å². The quantitative estimate of drug-likeness (QED) is 0.816. The van der Waals surface area contributed by atoms with Gasteiger partial charge in [-0.05, 0) is 48.9 Å². The Balaban J connectivity index is 1.87. The van der Waals surface area contributed by atoms with Crippen molar-refractivity contribution in [1.82, 2.24) is 4.90 Å². The van der Waals surface area contributed by atoms with Crippen molar-refractivity contribution in [1.29, 1.82) is 0 Å². The van der Waals surface area contributed by atoms with E-state index in [1.807, 2.05) is 11.8 Å². The molecule has 0 N–H and O–H groups in total. The van der Waals surface area contributed by atoms with E-state index in [9.17, 15) is 4.79 Å². The maximum atomic E-state index is 12.5. The zero-order valence-corrected chi connectivity index (χ0v) is 13.5. The average molecular weight is 299 g/mol. The first-order valence-corrected chi connectivity index (χ1v) is 8.49. The van der Waals surface area contributed by atoms with E-state index in [1.165, 1.54) is 16.0 Å². The van der Waals surface area contributed by atoms with Gasteiger partial charge in [-0.3, -0.25) is 4.79 Å². The van der Waals surface area contributed by atoms with Crippen molar-refractivity contribution in [2.45, 2.75) is 33.1 Å². The Bertz CT molecular complexity index is 636. The number of thiophene rings is 1. The molecule has 3 rings (SSSR count). The van der Waals surface area contributed by atoms with Crippen LogP contribution in [0, 0.1) is 6.92 Å². The molecule has 0 unspecified atom stereocenters. The van der Waals surface area contributed by atoms with Gasteiger partial charge in [-0.1, -0.05) is 31.2 Å². The minimum Gasteiger partial charge on any atom is -0.338 e. The Labute approximate surface area is 130 Å². The predicted octanol–water partition coefficient (Wildman–Crippen LogP) is 4.52. The van der Waals surface area contributed by atoms with Crippen molar-refractivity contribution in [3.8, 4) is 10.4 Å². The number of aryl methyl sites for hydroxylation is 2. The second kappa shape index (κ2) is 6.02. The Morgan fingerprint density at radius 2 is 1.86 bits per heavy atom. The van der Waals surface area contributed by atoms with E-state index in [1.54, 1.807) is 11.3 Å². The van der Waals surface area contributed by atoms with Crippen molar-refractivity contribution in [2.24, 2.45) is 0 Å². The molecule has 0 aliphatic carbocycles. The lowest BCUT2D eigenvalue weighted by Crippen LogP contribution is -2.27. The summed E-state index contributed by atoms with van der Waals surface area (Å²) in [6.07, 6.45) is 3.34. The third-order valence-corrected chi connectivity index (χ3v) is 5.43. The summed E-state index contributed by atoms with van der Waals surface area (Å²) >= 11 is 1.63. The van der Waals surface area contributed by atoms with Gasteiger partial charge >= 0.3 is 0 Å². The van der Waals surface area contributed by atoms with E-state index in [0.717, 1.165) is 42.8 Å². The highest BCUT2D eigenvalue weighted by Crippen LogP contribution is 2.32. The highest BCUT2D eigenvalue weighted by molar-refractivity contribution is 7.17. The number of rotatable bonds is 3. The summed E-state index contributed by atoms with van der Waals surface area (Å²) in [7, 11) is 0. The van der Waals surface area contributed by atoms with Crippen molar-refractivity contribution in [2.75, 3.05) is 13.1 Å². The molecule has 21 heavy (non-hydrogen) atoms. The second-order valence-corrected chi connectivity index (χ2v) is 6.72. The maximum absolute atomic E-state index is 12.5. The molecule has 2 heterocycles. The molecule has 0 atom stereocenters. The van der Waals surface area contributed by atoms with Crippen LogP contribution in [0.25, 0.3) is 10.4 Å². The van der Waals surface area contributed by atoms with Gasteiger partial charge in [0.2, 0.25) is 0 Å². The van der Waals surface area contributed by atoms with E-state index < -0.39 is 0 Å². The molecule has 0 spiro atoms. The number of nitrogens with zero attached hydrogens (tertiary/aromatic N) is 1. The van der Waals surface area contributed by atoms with E-state index in [0.29, 0.717) is 0 Å². The topological polar surface area (TPSA) is 20.3 Å². The fraction of sp³-hybridized carbons (Fsp3) is 0.389. The summed E-state index contributed by atoms with van der Waals surface area (Å²) in [5.74, 6) is 0.214. The predicted molar refractivity (Wildman–Crippen MR) is 89.0 cm³/mol. The molecule has 1 aliphatic rings. The summed E-state index contributed by atoms with van der Waals surface area (Å²) in [6, 6.07) is 10.8. The Hall–Kier alpha value is -1.61. The molecule has 0 radical (unpaired) electrons. The minimum atomic E-state index is 0.214. The number of hydrogen-bond acceptors (Lipinski definition) is 2. The maximum Gasteiger partial charge on any atom is 0.264 e. The van der Waals surface area contributed by atoms with Crippen LogP contribution in [0.2, 0.25) is 0 Å². The van der Waals surface area contributed by atoms with E-state index >= 15 is 0 Å². The molecule has 0 saturated carbocycles. The SMILES string of the molecule is CCc1ccc(-c2cc(C)c(C(=O)N3CCCC3)s2)cc1. The van der Waals surface area contributed by atoms with Gasteiger partial charge in [0.25, 0.3) is 5.91 Å². The fourth-order valence-electron chi connectivity index (χ4n) is 2.81. The number of carbonyl (C=O) groups excluding carboxylic acids is 1. The van der Waals surface area contributed by atoms with Crippen LogP contribution in [0.3, 0.4) is 0 Å². The lowest BCUT2D eigenvalue weighted by molar-refractivity contribution is 0.0797. The fourth-order valence-corrected chi connectivity index (χ4v) is 3.95. The summed E-state index contributed by atoms with van der Waals surface area (Å²) in [6.45, 7) is 6.04. The molecule has 1 fully saturated rings. The molecular weight excluding hydrogens is 278 g/mol. The van der Waals surface area contributed by atoms with E-state index in [-0.39, 0.29) is 5.91 Å². The lowest BCUT2D eigenvalue weighted by atomic mass is 10.1. The van der Waals surface area contributed by atoms with Gasteiger partial charge < -0.3 is 4.90 Å². The molecule has 1 aliphatic heterocycles. The molecule has 2 nitrogen and oxygen atoms in total. The van der Waals surface area contributed by atoms with Crippen LogP contribution in [0.15, 0.2) is 30.3 Å². The van der Waals surface area contributed by atoms with Crippen LogP contribution in [-0.4, -0.2) is 23.9 Å². The number of carbonyl (C=O) groups is 1. The molecule has 110 valence electrons. The molecule has 1 saturated heterocycles. The monoisotopic (exact) mass is 299 g/mol. The van der Waals surface area contributed by atoms with Crippen LogP contribution < -0.4 is 0 Å². The summed E-state index contributed by atoms with van der Waals surface area (Å²) in [5, 5.41) is 0. The number of benzene rings is 1. The molecular formula is C18H21NOS. The van der Waals surface area contributed by atoms with Crippen LogP contribution in [0.4, 0.5) is 0 Å².